The maximum Gasteiger partial charge on any atom is 0.264 e. The van der Waals surface area contributed by atoms with Crippen LogP contribution in [0.4, 0.5) is 10.8 Å². The number of ether oxygens (including phenoxy) is 1. The van der Waals surface area contributed by atoms with Crippen LogP contribution in [0, 0.1) is 0 Å². The molecule has 1 heterocycles. The third-order valence-corrected chi connectivity index (χ3v) is 8.96. The Morgan fingerprint density at radius 3 is 2.21 bits per heavy atom. The van der Waals surface area contributed by atoms with Gasteiger partial charge in [0, 0.05) is 12.6 Å². The van der Waals surface area contributed by atoms with Crippen molar-refractivity contribution in [2.75, 3.05) is 23.4 Å². The van der Waals surface area contributed by atoms with Crippen LogP contribution >= 0.6 is 11.3 Å². The Kier molecular flexibility index (Phi) is 7.13. The molecule has 1 amide bonds. The van der Waals surface area contributed by atoms with Gasteiger partial charge in [-0.15, -0.1) is 0 Å². The van der Waals surface area contributed by atoms with Gasteiger partial charge in [0.1, 0.15) is 5.75 Å². The Labute approximate surface area is 225 Å². The largest absolute Gasteiger partial charge is 0.497 e. The molecule has 7 nitrogen and oxygen atoms in total. The third-order valence-electron chi connectivity index (χ3n) is 6.12. The normalized spacial score (nSPS) is 11.3. The van der Waals surface area contributed by atoms with Gasteiger partial charge in [0.25, 0.3) is 15.9 Å². The molecule has 0 atom stereocenters. The van der Waals surface area contributed by atoms with E-state index in [0.29, 0.717) is 28.7 Å². The first kappa shape index (κ1) is 25.4. The van der Waals surface area contributed by atoms with Crippen molar-refractivity contribution >= 4 is 48.3 Å². The number of thiazole rings is 1. The van der Waals surface area contributed by atoms with Gasteiger partial charge in [-0.3, -0.25) is 14.0 Å². The van der Waals surface area contributed by atoms with E-state index in [1.54, 1.807) is 48.4 Å². The van der Waals surface area contributed by atoms with Crippen LogP contribution < -0.4 is 13.9 Å². The summed E-state index contributed by atoms with van der Waals surface area (Å²) in [6, 6.07) is 30.1. The van der Waals surface area contributed by atoms with Crippen LogP contribution in [0.2, 0.25) is 0 Å². The summed E-state index contributed by atoms with van der Waals surface area (Å²) in [5.41, 5.74) is 2.62. The van der Waals surface area contributed by atoms with Crippen molar-refractivity contribution in [2.24, 2.45) is 0 Å². The van der Waals surface area contributed by atoms with E-state index >= 15 is 0 Å². The van der Waals surface area contributed by atoms with Crippen LogP contribution in [0.15, 0.2) is 108 Å². The zero-order valence-corrected chi connectivity index (χ0v) is 22.4. The quantitative estimate of drug-likeness (QED) is 0.241. The summed E-state index contributed by atoms with van der Waals surface area (Å²) in [7, 11) is -0.679. The number of hydrogen-bond donors (Lipinski definition) is 0. The third kappa shape index (κ3) is 5.11. The van der Waals surface area contributed by atoms with E-state index in [0.717, 1.165) is 15.8 Å². The average Bonchev–Trinajstić information content (AvgIpc) is 3.39. The number of aromatic nitrogens is 1. The number of hydrogen-bond acceptors (Lipinski definition) is 6. The Morgan fingerprint density at radius 1 is 0.895 bits per heavy atom. The van der Waals surface area contributed by atoms with Crippen LogP contribution in [0.1, 0.15) is 15.9 Å². The van der Waals surface area contributed by atoms with Crippen molar-refractivity contribution in [3.05, 3.63) is 114 Å². The molecule has 0 saturated carbocycles. The maximum absolute atomic E-state index is 13.8. The summed E-state index contributed by atoms with van der Waals surface area (Å²) < 4.78 is 33.8. The van der Waals surface area contributed by atoms with Crippen LogP contribution in [0.3, 0.4) is 0 Å². The standard InChI is InChI=1S/C29H25N3O4S2/c1-31(23-11-7-4-8-12-23)38(34,35)25-16-13-22(14-17-25)28(33)32(20-21-9-5-3-6-10-21)29-30-26-18-15-24(36-2)19-27(26)37-29/h3-19H,20H2,1-2H3. The van der Waals surface area contributed by atoms with Crippen molar-refractivity contribution in [3.63, 3.8) is 0 Å². The van der Waals surface area contributed by atoms with Gasteiger partial charge in [0.2, 0.25) is 0 Å². The van der Waals surface area contributed by atoms with Gasteiger partial charge in [-0.1, -0.05) is 59.9 Å². The van der Waals surface area contributed by atoms with Crippen molar-refractivity contribution in [3.8, 4) is 5.75 Å². The lowest BCUT2D eigenvalue weighted by molar-refractivity contribution is 0.0985. The number of fused-ring (bicyclic) bond motifs is 1. The second-order valence-electron chi connectivity index (χ2n) is 8.54. The number of para-hydroxylation sites is 1. The molecule has 0 spiro atoms. The minimum absolute atomic E-state index is 0.0992. The molecule has 0 aliphatic carbocycles. The summed E-state index contributed by atoms with van der Waals surface area (Å²) in [6.07, 6.45) is 0. The van der Waals surface area contributed by atoms with Gasteiger partial charge in [-0.05, 0) is 60.2 Å². The minimum atomic E-state index is -3.79. The first-order valence-electron chi connectivity index (χ1n) is 11.8. The molecule has 1 aromatic heterocycles. The van der Waals surface area contributed by atoms with Gasteiger partial charge >= 0.3 is 0 Å². The summed E-state index contributed by atoms with van der Waals surface area (Å²) in [6.45, 7) is 0.313. The number of rotatable bonds is 8. The van der Waals surface area contributed by atoms with Crippen molar-refractivity contribution in [1.82, 2.24) is 4.98 Å². The Hall–Kier alpha value is -4.21. The van der Waals surface area contributed by atoms with E-state index in [9.17, 15) is 13.2 Å². The second kappa shape index (κ2) is 10.6. The Bertz CT molecular complexity index is 1670. The fourth-order valence-corrected chi connectivity index (χ4v) is 6.17. The Morgan fingerprint density at radius 2 is 1.55 bits per heavy atom. The molecule has 4 aromatic carbocycles. The lowest BCUT2D eigenvalue weighted by atomic mass is 10.1. The molecular weight excluding hydrogens is 518 g/mol. The zero-order valence-electron chi connectivity index (χ0n) is 20.8. The topological polar surface area (TPSA) is 79.8 Å². The number of anilines is 2. The van der Waals surface area contributed by atoms with Crippen molar-refractivity contribution in [1.29, 1.82) is 0 Å². The lowest BCUT2D eigenvalue weighted by Gasteiger charge is -2.21. The average molecular weight is 544 g/mol. The van der Waals surface area contributed by atoms with E-state index in [1.807, 2.05) is 54.6 Å². The summed E-state index contributed by atoms with van der Waals surface area (Å²) in [5.74, 6) is 0.436. The van der Waals surface area contributed by atoms with Crippen LogP contribution in [0.25, 0.3) is 10.2 Å². The zero-order chi connectivity index (χ0) is 26.7. The Balaban J connectivity index is 1.47. The van der Waals surface area contributed by atoms with E-state index in [1.165, 1.54) is 34.8 Å². The smallest absolute Gasteiger partial charge is 0.264 e. The lowest BCUT2D eigenvalue weighted by Crippen LogP contribution is -2.30. The molecule has 5 rings (SSSR count). The molecule has 0 N–H and O–H groups in total. The number of sulfonamides is 1. The number of benzene rings is 4. The summed E-state index contributed by atoms with van der Waals surface area (Å²) in [4.78, 5) is 20.2. The fourth-order valence-electron chi connectivity index (χ4n) is 3.99. The predicted molar refractivity (Wildman–Crippen MR) is 152 cm³/mol. The van der Waals surface area contributed by atoms with Crippen LogP contribution in [0.5, 0.6) is 5.75 Å². The first-order valence-corrected chi connectivity index (χ1v) is 14.1. The number of methoxy groups -OCH3 is 1. The minimum Gasteiger partial charge on any atom is -0.497 e. The van der Waals surface area contributed by atoms with Gasteiger partial charge in [0.05, 0.1) is 34.5 Å². The monoisotopic (exact) mass is 543 g/mol. The van der Waals surface area contributed by atoms with Crippen LogP contribution in [-0.2, 0) is 16.6 Å². The number of amides is 1. The molecule has 0 radical (unpaired) electrons. The molecule has 38 heavy (non-hydrogen) atoms. The van der Waals surface area contributed by atoms with E-state index in [-0.39, 0.29) is 10.8 Å². The van der Waals surface area contributed by atoms with Crippen LogP contribution in [-0.4, -0.2) is 33.5 Å². The van der Waals surface area contributed by atoms with Gasteiger partial charge in [-0.2, -0.15) is 0 Å². The van der Waals surface area contributed by atoms with E-state index in [4.69, 9.17) is 9.72 Å². The molecular formula is C29H25N3O4S2. The van der Waals surface area contributed by atoms with Gasteiger partial charge < -0.3 is 4.74 Å². The van der Waals surface area contributed by atoms with Crippen molar-refractivity contribution < 1.29 is 17.9 Å². The maximum atomic E-state index is 13.8. The van der Waals surface area contributed by atoms with Crippen molar-refractivity contribution in [2.45, 2.75) is 11.4 Å². The van der Waals surface area contributed by atoms with Gasteiger partial charge in [-0.25, -0.2) is 13.4 Å². The van der Waals surface area contributed by atoms with E-state index < -0.39 is 10.0 Å². The molecule has 0 unspecified atom stereocenters. The molecule has 192 valence electrons. The molecule has 0 fully saturated rings. The fraction of sp³-hybridized carbons (Fsp3) is 0.103. The highest BCUT2D eigenvalue weighted by Crippen LogP contribution is 2.33. The number of nitrogens with zero attached hydrogens (tertiary/aromatic N) is 3. The van der Waals surface area contributed by atoms with Gasteiger partial charge in [0.15, 0.2) is 5.13 Å². The summed E-state index contributed by atoms with van der Waals surface area (Å²) in [5, 5.41) is 0.544. The first-order chi connectivity index (χ1) is 18.4. The molecule has 9 heteroatoms. The SMILES string of the molecule is COc1ccc2nc(N(Cc3ccccc3)C(=O)c3ccc(S(=O)(=O)N(C)c4ccccc4)cc3)sc2c1. The predicted octanol–water partition coefficient (Wildman–Crippen LogP) is 5.98. The molecule has 0 aliphatic rings. The highest BCUT2D eigenvalue weighted by Gasteiger charge is 2.25. The second-order valence-corrected chi connectivity index (χ2v) is 11.5. The molecule has 0 aliphatic heterocycles. The number of carbonyl (C=O) groups is 1. The highest BCUT2D eigenvalue weighted by molar-refractivity contribution is 7.92. The molecule has 0 saturated heterocycles. The molecule has 0 bridgehead atoms. The highest BCUT2D eigenvalue weighted by atomic mass is 32.2. The van der Waals surface area contributed by atoms with E-state index in [2.05, 4.69) is 0 Å². The summed E-state index contributed by atoms with van der Waals surface area (Å²) >= 11 is 1.40. The number of carbonyl (C=O) groups excluding carboxylic acids is 1. The molecule has 5 aromatic rings.